The third kappa shape index (κ3) is 4.02. The summed E-state index contributed by atoms with van der Waals surface area (Å²) in [6.07, 6.45) is 0. The fourth-order valence-electron chi connectivity index (χ4n) is 1.76. The zero-order valence-corrected chi connectivity index (χ0v) is 11.6. The first-order chi connectivity index (χ1) is 10.5. The van der Waals surface area contributed by atoms with Crippen LogP contribution in [-0.2, 0) is 4.79 Å². The van der Waals surface area contributed by atoms with Crippen LogP contribution in [0.25, 0.3) is 0 Å². The number of ether oxygens (including phenoxy) is 2. The molecule has 0 amide bonds. The lowest BCUT2D eigenvalue weighted by Gasteiger charge is -2.07. The molecule has 0 spiro atoms. The first-order valence-corrected chi connectivity index (χ1v) is 6.30. The SMILES string of the molecule is Cc1cc(OC(=O)COc2cccc(F)c2)ccc1[N+](=O)[O-]. The molecule has 0 unspecified atom stereocenters. The van der Waals surface area contributed by atoms with Crippen LogP contribution in [0.5, 0.6) is 11.5 Å². The minimum atomic E-state index is -0.697. The summed E-state index contributed by atoms with van der Waals surface area (Å²) in [6.45, 7) is 1.14. The van der Waals surface area contributed by atoms with Crippen molar-refractivity contribution in [3.63, 3.8) is 0 Å². The number of nitro groups is 1. The molecular formula is C15H12FNO5. The molecule has 0 saturated heterocycles. The first-order valence-electron chi connectivity index (χ1n) is 6.30. The van der Waals surface area contributed by atoms with E-state index in [1.54, 1.807) is 6.92 Å². The Bertz CT molecular complexity index is 717. The summed E-state index contributed by atoms with van der Waals surface area (Å²) in [5.74, 6) is -0.790. The van der Waals surface area contributed by atoms with Gasteiger partial charge in [-0.25, -0.2) is 9.18 Å². The van der Waals surface area contributed by atoms with Crippen LogP contribution in [0.4, 0.5) is 10.1 Å². The molecule has 0 aliphatic rings. The molecule has 0 saturated carbocycles. The second kappa shape index (κ2) is 6.66. The number of nitro benzene ring substituents is 1. The van der Waals surface area contributed by atoms with Gasteiger partial charge in [0.05, 0.1) is 4.92 Å². The maximum Gasteiger partial charge on any atom is 0.349 e. The van der Waals surface area contributed by atoms with Gasteiger partial charge in [-0.15, -0.1) is 0 Å². The normalized spacial score (nSPS) is 10.1. The molecule has 114 valence electrons. The van der Waals surface area contributed by atoms with E-state index >= 15 is 0 Å². The van der Waals surface area contributed by atoms with Gasteiger partial charge in [0.1, 0.15) is 17.3 Å². The standard InChI is InChI=1S/C15H12FNO5/c1-10-7-13(5-6-14(10)17(19)20)22-15(18)9-21-12-4-2-3-11(16)8-12/h2-8H,9H2,1H3. The van der Waals surface area contributed by atoms with E-state index in [0.717, 1.165) is 6.07 Å². The second-order valence-electron chi connectivity index (χ2n) is 4.43. The number of carbonyl (C=O) groups excluding carboxylic acids is 1. The van der Waals surface area contributed by atoms with Gasteiger partial charge in [-0.2, -0.15) is 0 Å². The van der Waals surface area contributed by atoms with Crippen LogP contribution in [0, 0.1) is 22.9 Å². The van der Waals surface area contributed by atoms with Crippen molar-refractivity contribution >= 4 is 11.7 Å². The smallest absolute Gasteiger partial charge is 0.349 e. The highest BCUT2D eigenvalue weighted by Crippen LogP contribution is 2.23. The molecule has 0 N–H and O–H groups in total. The van der Waals surface area contributed by atoms with E-state index in [0.29, 0.717) is 5.56 Å². The van der Waals surface area contributed by atoms with Gasteiger partial charge in [0.15, 0.2) is 6.61 Å². The molecule has 2 rings (SSSR count). The lowest BCUT2D eigenvalue weighted by atomic mass is 10.2. The number of hydrogen-bond donors (Lipinski definition) is 0. The van der Waals surface area contributed by atoms with Gasteiger partial charge in [0, 0.05) is 17.7 Å². The Labute approximate surface area is 125 Å². The van der Waals surface area contributed by atoms with Gasteiger partial charge in [-0.1, -0.05) is 6.07 Å². The fraction of sp³-hybridized carbons (Fsp3) is 0.133. The molecule has 0 bridgehead atoms. The number of nitrogens with zero attached hydrogens (tertiary/aromatic N) is 1. The summed E-state index contributed by atoms with van der Waals surface area (Å²) in [7, 11) is 0. The molecular weight excluding hydrogens is 293 g/mol. The van der Waals surface area contributed by atoms with E-state index in [9.17, 15) is 19.3 Å². The third-order valence-electron chi connectivity index (χ3n) is 2.75. The zero-order chi connectivity index (χ0) is 16.1. The molecule has 0 aromatic heterocycles. The number of rotatable bonds is 5. The van der Waals surface area contributed by atoms with Crippen molar-refractivity contribution in [3.05, 3.63) is 64.0 Å². The molecule has 0 fully saturated rings. The molecule has 2 aromatic rings. The highest BCUT2D eigenvalue weighted by atomic mass is 19.1. The largest absolute Gasteiger partial charge is 0.482 e. The topological polar surface area (TPSA) is 78.7 Å². The lowest BCUT2D eigenvalue weighted by Crippen LogP contribution is -2.17. The van der Waals surface area contributed by atoms with Gasteiger partial charge in [-0.05, 0) is 31.2 Å². The number of halogens is 1. The molecule has 7 heteroatoms. The number of benzene rings is 2. The molecule has 22 heavy (non-hydrogen) atoms. The Hall–Kier alpha value is -2.96. The Morgan fingerprint density at radius 3 is 2.64 bits per heavy atom. The van der Waals surface area contributed by atoms with E-state index in [1.807, 2.05) is 0 Å². The third-order valence-corrected chi connectivity index (χ3v) is 2.75. The van der Waals surface area contributed by atoms with Gasteiger partial charge < -0.3 is 9.47 Å². The zero-order valence-electron chi connectivity index (χ0n) is 11.6. The number of esters is 1. The van der Waals surface area contributed by atoms with Crippen LogP contribution >= 0.6 is 0 Å². The van der Waals surface area contributed by atoms with Crippen LogP contribution < -0.4 is 9.47 Å². The fourth-order valence-corrected chi connectivity index (χ4v) is 1.76. The molecule has 0 aliphatic heterocycles. The van der Waals surface area contributed by atoms with E-state index < -0.39 is 23.3 Å². The Morgan fingerprint density at radius 1 is 1.23 bits per heavy atom. The van der Waals surface area contributed by atoms with E-state index in [4.69, 9.17) is 9.47 Å². The Kier molecular flexibility index (Phi) is 4.67. The van der Waals surface area contributed by atoms with Crippen LogP contribution in [-0.4, -0.2) is 17.5 Å². The summed E-state index contributed by atoms with van der Waals surface area (Å²) in [4.78, 5) is 21.8. The number of hydrogen-bond acceptors (Lipinski definition) is 5. The molecule has 6 nitrogen and oxygen atoms in total. The molecule has 0 aliphatic carbocycles. The molecule has 0 radical (unpaired) electrons. The van der Waals surface area contributed by atoms with Gasteiger partial charge in [0.2, 0.25) is 0 Å². The number of carbonyl (C=O) groups is 1. The maximum atomic E-state index is 12.9. The van der Waals surface area contributed by atoms with Gasteiger partial charge in [-0.3, -0.25) is 10.1 Å². The van der Waals surface area contributed by atoms with Crippen LogP contribution in [0.3, 0.4) is 0 Å². The number of aryl methyl sites for hydroxylation is 1. The van der Waals surface area contributed by atoms with E-state index in [2.05, 4.69) is 0 Å². The predicted octanol–water partition coefficient (Wildman–Crippen LogP) is 3.03. The van der Waals surface area contributed by atoms with Crippen molar-refractivity contribution < 1.29 is 23.6 Å². The first kappa shape index (κ1) is 15.4. The highest BCUT2D eigenvalue weighted by Gasteiger charge is 2.13. The maximum absolute atomic E-state index is 12.9. The minimum absolute atomic E-state index is 0.0594. The van der Waals surface area contributed by atoms with Crippen LogP contribution in [0.2, 0.25) is 0 Å². The summed E-state index contributed by atoms with van der Waals surface area (Å²) in [5.41, 5.74) is 0.317. The van der Waals surface area contributed by atoms with E-state index in [1.165, 1.54) is 36.4 Å². The average Bonchev–Trinajstić information content (AvgIpc) is 2.45. The quantitative estimate of drug-likeness (QED) is 0.367. The van der Waals surface area contributed by atoms with Crippen molar-refractivity contribution in [1.29, 1.82) is 0 Å². The van der Waals surface area contributed by atoms with Crippen molar-refractivity contribution in [3.8, 4) is 11.5 Å². The van der Waals surface area contributed by atoms with Crippen molar-refractivity contribution in [2.45, 2.75) is 6.92 Å². The van der Waals surface area contributed by atoms with Crippen LogP contribution in [0.15, 0.2) is 42.5 Å². The van der Waals surface area contributed by atoms with Crippen molar-refractivity contribution in [1.82, 2.24) is 0 Å². The monoisotopic (exact) mass is 305 g/mol. The van der Waals surface area contributed by atoms with Crippen molar-refractivity contribution in [2.75, 3.05) is 6.61 Å². The minimum Gasteiger partial charge on any atom is -0.482 e. The van der Waals surface area contributed by atoms with Gasteiger partial charge in [0.25, 0.3) is 5.69 Å². The van der Waals surface area contributed by atoms with Crippen LogP contribution in [0.1, 0.15) is 5.56 Å². The molecule has 0 heterocycles. The molecule has 2 aromatic carbocycles. The highest BCUT2D eigenvalue weighted by molar-refractivity contribution is 5.74. The summed E-state index contributed by atoms with van der Waals surface area (Å²) in [5, 5.41) is 10.7. The lowest BCUT2D eigenvalue weighted by molar-refractivity contribution is -0.385. The predicted molar refractivity (Wildman–Crippen MR) is 75.4 cm³/mol. The average molecular weight is 305 g/mol. The van der Waals surface area contributed by atoms with Crippen molar-refractivity contribution in [2.24, 2.45) is 0 Å². The second-order valence-corrected chi connectivity index (χ2v) is 4.43. The van der Waals surface area contributed by atoms with E-state index in [-0.39, 0.29) is 17.2 Å². The summed E-state index contributed by atoms with van der Waals surface area (Å²) >= 11 is 0. The Morgan fingerprint density at radius 2 is 2.00 bits per heavy atom. The Balaban J connectivity index is 1.95. The summed E-state index contributed by atoms with van der Waals surface area (Å²) in [6, 6.07) is 9.32. The summed E-state index contributed by atoms with van der Waals surface area (Å²) < 4.78 is 23.0. The molecule has 0 atom stereocenters. The van der Waals surface area contributed by atoms with Gasteiger partial charge >= 0.3 is 5.97 Å².